The molecule has 0 unspecified atom stereocenters. The first kappa shape index (κ1) is 18.9. The number of rotatable bonds is 3. The normalized spacial score (nSPS) is 11.7. The fourth-order valence-electron chi connectivity index (χ4n) is 4.97. The van der Waals surface area contributed by atoms with Crippen LogP contribution in [0.25, 0.3) is 55.4 Å². The summed E-state index contributed by atoms with van der Waals surface area (Å²) in [7, 11) is 1.69. The number of hydrogen-bond donors (Lipinski definition) is 0. The van der Waals surface area contributed by atoms with Gasteiger partial charge in [-0.3, -0.25) is 14.1 Å². The maximum atomic E-state index is 5.52. The standard InChI is InChI=1S/C29H20N4O/c1-34-21-12-7-11-20(17-21)33-25-14-6-5-13-22(25)23-18-24-27-26(15-8-16-30-27)32(29(24)31-28(23)33)19-9-3-2-4-10-19/h2-18H,1H3. The van der Waals surface area contributed by atoms with E-state index in [4.69, 9.17) is 14.7 Å². The average Bonchev–Trinajstić information content (AvgIpc) is 3.40. The zero-order valence-corrected chi connectivity index (χ0v) is 18.5. The fourth-order valence-corrected chi connectivity index (χ4v) is 4.97. The maximum absolute atomic E-state index is 5.52. The number of benzene rings is 3. The summed E-state index contributed by atoms with van der Waals surface area (Å²) in [6.45, 7) is 0. The van der Waals surface area contributed by atoms with Crippen molar-refractivity contribution in [2.75, 3.05) is 7.11 Å². The summed E-state index contributed by atoms with van der Waals surface area (Å²) in [4.78, 5) is 10.1. The monoisotopic (exact) mass is 440 g/mol. The minimum Gasteiger partial charge on any atom is -0.497 e. The Morgan fingerprint density at radius 3 is 2.24 bits per heavy atom. The van der Waals surface area contributed by atoms with Gasteiger partial charge >= 0.3 is 0 Å². The minimum atomic E-state index is 0.812. The van der Waals surface area contributed by atoms with Crippen molar-refractivity contribution in [2.45, 2.75) is 0 Å². The second-order valence-electron chi connectivity index (χ2n) is 8.33. The van der Waals surface area contributed by atoms with Crippen molar-refractivity contribution in [2.24, 2.45) is 0 Å². The van der Waals surface area contributed by atoms with E-state index in [0.717, 1.165) is 61.1 Å². The molecule has 0 atom stereocenters. The van der Waals surface area contributed by atoms with Gasteiger partial charge in [0.15, 0.2) is 0 Å². The third-order valence-corrected chi connectivity index (χ3v) is 6.45. The van der Waals surface area contributed by atoms with Crippen molar-refractivity contribution in [1.82, 2.24) is 19.1 Å². The summed E-state index contributed by atoms with van der Waals surface area (Å²) in [6.07, 6.45) is 1.85. The van der Waals surface area contributed by atoms with Crippen LogP contribution in [0.1, 0.15) is 0 Å². The van der Waals surface area contributed by atoms with Crippen LogP contribution in [0.15, 0.2) is 103 Å². The molecule has 0 fully saturated rings. The van der Waals surface area contributed by atoms with Gasteiger partial charge in [0, 0.05) is 34.1 Å². The van der Waals surface area contributed by atoms with Gasteiger partial charge in [-0.05, 0) is 48.5 Å². The maximum Gasteiger partial charge on any atom is 0.149 e. The molecule has 0 aliphatic carbocycles. The number of pyridine rings is 2. The van der Waals surface area contributed by atoms with E-state index in [1.54, 1.807) is 7.11 Å². The molecule has 7 rings (SSSR count). The molecule has 5 nitrogen and oxygen atoms in total. The van der Waals surface area contributed by atoms with Crippen molar-refractivity contribution in [3.63, 3.8) is 0 Å². The second-order valence-corrected chi connectivity index (χ2v) is 8.33. The molecule has 0 aliphatic heterocycles. The highest BCUT2D eigenvalue weighted by molar-refractivity contribution is 6.15. The molecule has 3 aromatic carbocycles. The Bertz CT molecular complexity index is 1850. The van der Waals surface area contributed by atoms with E-state index in [2.05, 4.69) is 75.9 Å². The van der Waals surface area contributed by atoms with Crippen LogP contribution in [0, 0.1) is 0 Å². The molecule has 162 valence electrons. The molecule has 0 spiro atoms. The van der Waals surface area contributed by atoms with Crippen LogP contribution >= 0.6 is 0 Å². The van der Waals surface area contributed by atoms with Crippen LogP contribution in [-0.4, -0.2) is 26.2 Å². The smallest absolute Gasteiger partial charge is 0.149 e. The lowest BCUT2D eigenvalue weighted by molar-refractivity contribution is 0.414. The number of nitrogens with zero attached hydrogens (tertiary/aromatic N) is 4. The largest absolute Gasteiger partial charge is 0.497 e. The van der Waals surface area contributed by atoms with Gasteiger partial charge in [0.25, 0.3) is 0 Å². The second kappa shape index (κ2) is 7.18. The topological polar surface area (TPSA) is 44.9 Å². The number of para-hydroxylation sites is 2. The quantitative estimate of drug-likeness (QED) is 0.308. The number of aromatic nitrogens is 4. The lowest BCUT2D eigenvalue weighted by atomic mass is 10.1. The third-order valence-electron chi connectivity index (χ3n) is 6.45. The van der Waals surface area contributed by atoms with Crippen LogP contribution < -0.4 is 4.74 Å². The Kier molecular flexibility index (Phi) is 3.99. The van der Waals surface area contributed by atoms with Crippen LogP contribution in [0.3, 0.4) is 0 Å². The van der Waals surface area contributed by atoms with Gasteiger partial charge in [0.05, 0.1) is 29.3 Å². The molecule has 0 radical (unpaired) electrons. The summed E-state index contributed by atoms with van der Waals surface area (Å²) in [5.41, 5.74) is 6.97. The molecule has 0 amide bonds. The Balaban J connectivity index is 1.68. The summed E-state index contributed by atoms with van der Waals surface area (Å²) in [5, 5.41) is 3.30. The number of fused-ring (bicyclic) bond motifs is 6. The van der Waals surface area contributed by atoms with E-state index in [1.165, 1.54) is 0 Å². The van der Waals surface area contributed by atoms with Crippen LogP contribution in [0.2, 0.25) is 0 Å². The predicted octanol–water partition coefficient (Wildman–Crippen LogP) is 6.68. The molecule has 0 N–H and O–H groups in total. The lowest BCUT2D eigenvalue weighted by Crippen LogP contribution is -1.99. The van der Waals surface area contributed by atoms with Gasteiger partial charge < -0.3 is 4.74 Å². The average molecular weight is 441 g/mol. The molecule has 0 aliphatic rings. The van der Waals surface area contributed by atoms with Gasteiger partial charge in [-0.15, -0.1) is 0 Å². The fraction of sp³-hybridized carbons (Fsp3) is 0.0345. The Morgan fingerprint density at radius 1 is 0.618 bits per heavy atom. The van der Waals surface area contributed by atoms with E-state index in [1.807, 2.05) is 36.5 Å². The van der Waals surface area contributed by atoms with Crippen molar-refractivity contribution in [1.29, 1.82) is 0 Å². The molecule has 34 heavy (non-hydrogen) atoms. The summed E-state index contributed by atoms with van der Waals surface area (Å²) in [5.74, 6) is 0.812. The van der Waals surface area contributed by atoms with Crippen LogP contribution in [0.4, 0.5) is 0 Å². The SMILES string of the molecule is COc1cccc(-n2c3ccccc3c3cc4c5ncccc5n(-c5ccccc5)c4nc32)c1. The molecule has 4 heterocycles. The zero-order valence-electron chi connectivity index (χ0n) is 18.5. The molecule has 4 aromatic heterocycles. The third kappa shape index (κ3) is 2.61. The van der Waals surface area contributed by atoms with Crippen LogP contribution in [0.5, 0.6) is 5.75 Å². The van der Waals surface area contributed by atoms with Gasteiger partial charge in [0.2, 0.25) is 0 Å². The van der Waals surface area contributed by atoms with Crippen molar-refractivity contribution < 1.29 is 4.74 Å². The van der Waals surface area contributed by atoms with Crippen molar-refractivity contribution in [3.8, 4) is 17.1 Å². The first-order chi connectivity index (χ1) is 16.8. The number of hydrogen-bond acceptors (Lipinski definition) is 3. The van der Waals surface area contributed by atoms with Gasteiger partial charge in [-0.2, -0.15) is 0 Å². The van der Waals surface area contributed by atoms with Crippen molar-refractivity contribution >= 4 is 44.0 Å². The highest BCUT2D eigenvalue weighted by Crippen LogP contribution is 2.37. The molecule has 0 saturated heterocycles. The Hall–Kier alpha value is -4.64. The van der Waals surface area contributed by atoms with E-state index in [0.29, 0.717) is 0 Å². The molecule has 7 aromatic rings. The Morgan fingerprint density at radius 2 is 1.35 bits per heavy atom. The minimum absolute atomic E-state index is 0.812. The van der Waals surface area contributed by atoms with E-state index < -0.39 is 0 Å². The summed E-state index contributed by atoms with van der Waals surface area (Å²) >= 11 is 0. The summed E-state index contributed by atoms with van der Waals surface area (Å²) < 4.78 is 9.93. The lowest BCUT2D eigenvalue weighted by Gasteiger charge is -2.10. The Labute approximate surface area is 195 Å². The zero-order chi connectivity index (χ0) is 22.6. The van der Waals surface area contributed by atoms with E-state index in [9.17, 15) is 0 Å². The first-order valence-electron chi connectivity index (χ1n) is 11.2. The first-order valence-corrected chi connectivity index (χ1v) is 11.2. The van der Waals surface area contributed by atoms with E-state index >= 15 is 0 Å². The highest BCUT2D eigenvalue weighted by atomic mass is 16.5. The highest BCUT2D eigenvalue weighted by Gasteiger charge is 2.20. The van der Waals surface area contributed by atoms with Gasteiger partial charge in [-0.25, -0.2) is 4.98 Å². The predicted molar refractivity (Wildman–Crippen MR) is 137 cm³/mol. The van der Waals surface area contributed by atoms with Gasteiger partial charge in [0.1, 0.15) is 17.0 Å². The van der Waals surface area contributed by atoms with E-state index in [-0.39, 0.29) is 0 Å². The van der Waals surface area contributed by atoms with Crippen molar-refractivity contribution in [3.05, 3.63) is 103 Å². The molecular formula is C29H20N4O. The number of ether oxygens (including phenoxy) is 1. The molecule has 0 saturated carbocycles. The van der Waals surface area contributed by atoms with Crippen LogP contribution in [-0.2, 0) is 0 Å². The molecular weight excluding hydrogens is 420 g/mol. The molecule has 0 bridgehead atoms. The number of methoxy groups -OCH3 is 1. The summed E-state index contributed by atoms with van der Waals surface area (Å²) in [6, 6.07) is 33.2. The van der Waals surface area contributed by atoms with Gasteiger partial charge in [-0.1, -0.05) is 42.5 Å². The molecule has 5 heteroatoms.